The van der Waals surface area contributed by atoms with Crippen LogP contribution in [-0.2, 0) is 14.4 Å². The monoisotopic (exact) mass is 400 g/mol. The second-order valence-corrected chi connectivity index (χ2v) is 7.73. The molecule has 1 aromatic heterocycles. The number of hydrogen-bond donors (Lipinski definition) is 3. The zero-order valence-corrected chi connectivity index (χ0v) is 16.6. The summed E-state index contributed by atoms with van der Waals surface area (Å²) in [5.41, 5.74) is 2.37. The first-order valence-electron chi connectivity index (χ1n) is 9.42. The van der Waals surface area contributed by atoms with Gasteiger partial charge in [0.25, 0.3) is 0 Å². The van der Waals surface area contributed by atoms with Gasteiger partial charge < -0.3 is 16.0 Å². The SMILES string of the molecule is CC(=O)Nc1ccc(-c2csc(NC(=O)CCNC(=O)C3CCCC3)n2)cc1. The lowest BCUT2D eigenvalue weighted by atomic mass is 10.1. The first-order valence-corrected chi connectivity index (χ1v) is 10.3. The Labute approximate surface area is 167 Å². The Morgan fingerprint density at radius 1 is 1.11 bits per heavy atom. The maximum Gasteiger partial charge on any atom is 0.227 e. The Kier molecular flexibility index (Phi) is 6.76. The molecular formula is C20H24N4O3S. The zero-order valence-electron chi connectivity index (χ0n) is 15.8. The maximum absolute atomic E-state index is 12.1. The summed E-state index contributed by atoms with van der Waals surface area (Å²) in [6.45, 7) is 1.80. The van der Waals surface area contributed by atoms with Gasteiger partial charge in [-0.1, -0.05) is 25.0 Å². The highest BCUT2D eigenvalue weighted by atomic mass is 32.1. The number of aromatic nitrogens is 1. The Balaban J connectivity index is 1.46. The van der Waals surface area contributed by atoms with Gasteiger partial charge in [-0.15, -0.1) is 11.3 Å². The van der Waals surface area contributed by atoms with Gasteiger partial charge >= 0.3 is 0 Å². The van der Waals surface area contributed by atoms with Gasteiger partial charge in [0, 0.05) is 42.4 Å². The van der Waals surface area contributed by atoms with Crippen molar-refractivity contribution in [1.29, 1.82) is 0 Å². The largest absolute Gasteiger partial charge is 0.355 e. The van der Waals surface area contributed by atoms with E-state index in [0.717, 1.165) is 42.6 Å². The van der Waals surface area contributed by atoms with E-state index in [2.05, 4.69) is 20.9 Å². The van der Waals surface area contributed by atoms with E-state index in [4.69, 9.17) is 0 Å². The van der Waals surface area contributed by atoms with E-state index in [1.54, 1.807) is 12.1 Å². The van der Waals surface area contributed by atoms with Gasteiger partial charge in [-0.3, -0.25) is 14.4 Å². The van der Waals surface area contributed by atoms with Gasteiger partial charge in [0.15, 0.2) is 5.13 Å². The minimum Gasteiger partial charge on any atom is -0.355 e. The number of amides is 3. The molecule has 3 rings (SSSR count). The summed E-state index contributed by atoms with van der Waals surface area (Å²) < 4.78 is 0. The molecule has 0 atom stereocenters. The van der Waals surface area contributed by atoms with Crippen molar-refractivity contribution in [1.82, 2.24) is 10.3 Å². The summed E-state index contributed by atoms with van der Waals surface area (Å²) in [5.74, 6) is -0.120. The smallest absolute Gasteiger partial charge is 0.227 e. The van der Waals surface area contributed by atoms with Gasteiger partial charge in [0.2, 0.25) is 17.7 Å². The molecule has 1 saturated carbocycles. The fourth-order valence-electron chi connectivity index (χ4n) is 3.20. The number of carbonyl (C=O) groups is 3. The molecule has 28 heavy (non-hydrogen) atoms. The Morgan fingerprint density at radius 2 is 1.82 bits per heavy atom. The highest BCUT2D eigenvalue weighted by Crippen LogP contribution is 2.26. The predicted molar refractivity (Wildman–Crippen MR) is 110 cm³/mol. The van der Waals surface area contributed by atoms with Gasteiger partial charge in [-0.25, -0.2) is 4.98 Å². The normalized spacial score (nSPS) is 13.9. The lowest BCUT2D eigenvalue weighted by Crippen LogP contribution is -2.31. The topological polar surface area (TPSA) is 100 Å². The minimum atomic E-state index is -0.173. The van der Waals surface area contributed by atoms with E-state index in [9.17, 15) is 14.4 Å². The number of hydrogen-bond acceptors (Lipinski definition) is 5. The van der Waals surface area contributed by atoms with Crippen molar-refractivity contribution in [3.8, 4) is 11.3 Å². The van der Waals surface area contributed by atoms with E-state index in [1.807, 2.05) is 17.5 Å². The number of thiazole rings is 1. The summed E-state index contributed by atoms with van der Waals surface area (Å²) in [7, 11) is 0. The molecule has 1 fully saturated rings. The van der Waals surface area contributed by atoms with Crippen LogP contribution >= 0.6 is 11.3 Å². The first-order chi connectivity index (χ1) is 13.5. The number of benzene rings is 1. The fraction of sp³-hybridized carbons (Fsp3) is 0.400. The van der Waals surface area contributed by atoms with Crippen molar-refractivity contribution >= 4 is 39.9 Å². The molecule has 148 valence electrons. The van der Waals surface area contributed by atoms with Crippen LogP contribution in [0.2, 0.25) is 0 Å². The van der Waals surface area contributed by atoms with E-state index >= 15 is 0 Å². The van der Waals surface area contributed by atoms with Crippen LogP contribution in [-0.4, -0.2) is 29.3 Å². The van der Waals surface area contributed by atoms with Crippen molar-refractivity contribution in [3.05, 3.63) is 29.6 Å². The van der Waals surface area contributed by atoms with Crippen LogP contribution in [0.5, 0.6) is 0 Å². The molecule has 1 aliphatic rings. The number of carbonyl (C=O) groups excluding carboxylic acids is 3. The van der Waals surface area contributed by atoms with E-state index in [0.29, 0.717) is 11.7 Å². The van der Waals surface area contributed by atoms with Crippen molar-refractivity contribution < 1.29 is 14.4 Å². The van der Waals surface area contributed by atoms with E-state index in [-0.39, 0.29) is 30.1 Å². The minimum absolute atomic E-state index is 0.0598. The average molecular weight is 401 g/mol. The lowest BCUT2D eigenvalue weighted by Gasteiger charge is -2.09. The van der Waals surface area contributed by atoms with Crippen LogP contribution in [0.15, 0.2) is 29.6 Å². The van der Waals surface area contributed by atoms with Crippen LogP contribution in [0, 0.1) is 5.92 Å². The highest BCUT2D eigenvalue weighted by molar-refractivity contribution is 7.14. The van der Waals surface area contributed by atoms with Crippen LogP contribution in [0.25, 0.3) is 11.3 Å². The maximum atomic E-state index is 12.1. The third kappa shape index (κ3) is 5.63. The Hall–Kier alpha value is -2.74. The zero-order chi connectivity index (χ0) is 19.9. The third-order valence-corrected chi connectivity index (χ3v) is 5.39. The van der Waals surface area contributed by atoms with E-state index in [1.165, 1.54) is 18.3 Å². The van der Waals surface area contributed by atoms with Crippen molar-refractivity contribution in [2.45, 2.75) is 39.0 Å². The van der Waals surface area contributed by atoms with Crippen molar-refractivity contribution in [2.75, 3.05) is 17.2 Å². The van der Waals surface area contributed by atoms with Crippen molar-refractivity contribution in [3.63, 3.8) is 0 Å². The molecule has 0 aliphatic heterocycles. The summed E-state index contributed by atoms with van der Waals surface area (Å²) in [4.78, 5) is 39.5. The quantitative estimate of drug-likeness (QED) is 0.663. The number of rotatable bonds is 7. The van der Waals surface area contributed by atoms with Crippen LogP contribution < -0.4 is 16.0 Å². The number of anilines is 2. The molecule has 0 spiro atoms. The van der Waals surface area contributed by atoms with Crippen molar-refractivity contribution in [2.24, 2.45) is 5.92 Å². The lowest BCUT2D eigenvalue weighted by molar-refractivity contribution is -0.125. The number of nitrogens with zero attached hydrogens (tertiary/aromatic N) is 1. The molecule has 0 saturated heterocycles. The number of nitrogens with one attached hydrogen (secondary N) is 3. The van der Waals surface area contributed by atoms with Gasteiger partial charge in [-0.05, 0) is 25.0 Å². The molecule has 3 N–H and O–H groups in total. The Bertz CT molecular complexity index is 841. The summed E-state index contributed by atoms with van der Waals surface area (Å²) >= 11 is 1.35. The third-order valence-electron chi connectivity index (χ3n) is 4.63. The van der Waals surface area contributed by atoms with Crippen LogP contribution in [0.3, 0.4) is 0 Å². The van der Waals surface area contributed by atoms with Gasteiger partial charge in [0.1, 0.15) is 0 Å². The molecule has 1 heterocycles. The molecule has 8 heteroatoms. The second-order valence-electron chi connectivity index (χ2n) is 6.87. The van der Waals surface area contributed by atoms with Gasteiger partial charge in [0.05, 0.1) is 5.69 Å². The standard InChI is InChI=1S/C20H24N4O3S/c1-13(25)22-16-8-6-14(7-9-16)17-12-28-20(23-17)24-18(26)10-11-21-19(27)15-4-2-3-5-15/h6-9,12,15H,2-5,10-11H2,1H3,(H,21,27)(H,22,25)(H,23,24,26). The van der Waals surface area contributed by atoms with E-state index < -0.39 is 0 Å². The first kappa shape index (κ1) is 20.0. The second kappa shape index (κ2) is 9.45. The predicted octanol–water partition coefficient (Wildman–Crippen LogP) is 3.40. The summed E-state index contributed by atoms with van der Waals surface area (Å²) in [5, 5.41) is 10.7. The van der Waals surface area contributed by atoms with Gasteiger partial charge in [-0.2, -0.15) is 0 Å². The van der Waals surface area contributed by atoms with Crippen LogP contribution in [0.4, 0.5) is 10.8 Å². The summed E-state index contributed by atoms with van der Waals surface area (Å²) in [6.07, 6.45) is 4.35. The molecular weight excluding hydrogens is 376 g/mol. The highest BCUT2D eigenvalue weighted by Gasteiger charge is 2.22. The average Bonchev–Trinajstić information content (AvgIpc) is 3.34. The molecule has 0 radical (unpaired) electrons. The molecule has 1 aromatic carbocycles. The van der Waals surface area contributed by atoms with Crippen LogP contribution in [0.1, 0.15) is 39.0 Å². The molecule has 3 amide bonds. The molecule has 0 unspecified atom stereocenters. The molecule has 7 nitrogen and oxygen atoms in total. The molecule has 1 aliphatic carbocycles. The molecule has 0 bridgehead atoms. The Morgan fingerprint density at radius 3 is 2.50 bits per heavy atom. The fourth-order valence-corrected chi connectivity index (χ4v) is 3.94. The molecule has 2 aromatic rings. The summed E-state index contributed by atoms with van der Waals surface area (Å²) in [6, 6.07) is 7.34.